The molecular weight excluding hydrogens is 414 g/mol. The number of amides is 1. The van der Waals surface area contributed by atoms with E-state index in [0.717, 1.165) is 16.7 Å². The van der Waals surface area contributed by atoms with Gasteiger partial charge in [0.1, 0.15) is 11.4 Å². The van der Waals surface area contributed by atoms with Crippen molar-refractivity contribution in [2.45, 2.75) is 65.9 Å². The Morgan fingerprint density at radius 2 is 1.67 bits per heavy atom. The third kappa shape index (κ3) is 7.21. The number of alkyl carbamates (subject to hydrolysis) is 1. The number of esters is 1. The molecule has 1 N–H and O–H groups in total. The van der Waals surface area contributed by atoms with E-state index in [0.29, 0.717) is 25.1 Å². The van der Waals surface area contributed by atoms with E-state index < -0.39 is 11.7 Å². The predicted molar refractivity (Wildman–Crippen MR) is 131 cm³/mol. The normalized spacial score (nSPS) is 15.8. The molecule has 1 amide bonds. The molecule has 5 heteroatoms. The van der Waals surface area contributed by atoms with Crippen molar-refractivity contribution < 1.29 is 19.1 Å². The Morgan fingerprint density at radius 1 is 0.970 bits per heavy atom. The molecule has 0 aromatic heterocycles. The molecule has 3 rings (SSSR count). The van der Waals surface area contributed by atoms with E-state index in [2.05, 4.69) is 23.5 Å². The fraction of sp³-hybridized carbons (Fsp3) is 0.429. The number of nitrogens with one attached hydrogen (secondary N) is 1. The third-order valence-corrected chi connectivity index (χ3v) is 5.25. The van der Waals surface area contributed by atoms with E-state index >= 15 is 0 Å². The van der Waals surface area contributed by atoms with Crippen molar-refractivity contribution in [2.75, 3.05) is 6.54 Å². The SMILES string of the molecule is CC(C)(C)CC(=O)Oc1cccc2c1CC(c1ccccc1)C=C2CNC(=O)OC(C)(C)C. The number of allylic oxidation sites excluding steroid dienone is 1. The maximum Gasteiger partial charge on any atom is 0.407 e. The van der Waals surface area contributed by atoms with Crippen LogP contribution >= 0.6 is 0 Å². The number of fused-ring (bicyclic) bond motifs is 1. The lowest BCUT2D eigenvalue weighted by Gasteiger charge is -2.27. The smallest absolute Gasteiger partial charge is 0.407 e. The van der Waals surface area contributed by atoms with Crippen molar-refractivity contribution >= 4 is 17.6 Å². The van der Waals surface area contributed by atoms with Gasteiger partial charge < -0.3 is 14.8 Å². The summed E-state index contributed by atoms with van der Waals surface area (Å²) in [7, 11) is 0. The maximum atomic E-state index is 12.6. The van der Waals surface area contributed by atoms with Gasteiger partial charge in [0.25, 0.3) is 0 Å². The van der Waals surface area contributed by atoms with Crippen molar-refractivity contribution in [3.8, 4) is 5.75 Å². The summed E-state index contributed by atoms with van der Waals surface area (Å²) in [6.45, 7) is 11.9. The van der Waals surface area contributed by atoms with Crippen molar-refractivity contribution in [3.63, 3.8) is 0 Å². The fourth-order valence-corrected chi connectivity index (χ4v) is 3.93. The van der Waals surface area contributed by atoms with Crippen LogP contribution in [-0.4, -0.2) is 24.2 Å². The van der Waals surface area contributed by atoms with E-state index in [-0.39, 0.29) is 17.3 Å². The molecule has 0 bridgehead atoms. The Bertz CT molecular complexity index is 1030. The molecule has 0 heterocycles. The Morgan fingerprint density at radius 3 is 2.30 bits per heavy atom. The molecule has 2 aromatic carbocycles. The van der Waals surface area contributed by atoms with Gasteiger partial charge in [-0.25, -0.2) is 4.79 Å². The van der Waals surface area contributed by atoms with Gasteiger partial charge in [-0.05, 0) is 55.4 Å². The second kappa shape index (κ2) is 9.82. The average molecular weight is 450 g/mol. The van der Waals surface area contributed by atoms with Gasteiger partial charge in [-0.15, -0.1) is 0 Å². The highest BCUT2D eigenvalue weighted by Crippen LogP contribution is 2.39. The molecule has 176 valence electrons. The average Bonchev–Trinajstić information content (AvgIpc) is 2.70. The highest BCUT2D eigenvalue weighted by atomic mass is 16.6. The summed E-state index contributed by atoms with van der Waals surface area (Å²) in [5, 5.41) is 2.88. The zero-order chi connectivity index (χ0) is 24.2. The zero-order valence-corrected chi connectivity index (χ0v) is 20.5. The Hall–Kier alpha value is -3.08. The summed E-state index contributed by atoms with van der Waals surface area (Å²) >= 11 is 0. The van der Waals surface area contributed by atoms with Crippen molar-refractivity contribution in [3.05, 3.63) is 71.3 Å². The molecule has 0 saturated carbocycles. The molecule has 0 radical (unpaired) electrons. The molecule has 0 saturated heterocycles. The topological polar surface area (TPSA) is 64.6 Å². The van der Waals surface area contributed by atoms with Gasteiger partial charge in [0.2, 0.25) is 0 Å². The zero-order valence-electron chi connectivity index (χ0n) is 20.5. The Balaban J connectivity index is 1.91. The van der Waals surface area contributed by atoms with Gasteiger partial charge in [0.05, 0.1) is 6.42 Å². The van der Waals surface area contributed by atoms with Crippen LogP contribution < -0.4 is 10.1 Å². The quantitative estimate of drug-likeness (QED) is 0.431. The van der Waals surface area contributed by atoms with E-state index in [1.165, 1.54) is 5.56 Å². The van der Waals surface area contributed by atoms with Crippen molar-refractivity contribution in [2.24, 2.45) is 5.41 Å². The van der Waals surface area contributed by atoms with Gasteiger partial charge in [-0.1, -0.05) is 69.3 Å². The molecule has 1 aliphatic rings. The van der Waals surface area contributed by atoms with Crippen LogP contribution in [0.15, 0.2) is 54.6 Å². The molecule has 0 fully saturated rings. The Kier molecular flexibility index (Phi) is 7.31. The summed E-state index contributed by atoms with van der Waals surface area (Å²) in [5.74, 6) is 0.456. The van der Waals surface area contributed by atoms with Crippen LogP contribution in [0.25, 0.3) is 5.57 Å². The predicted octanol–water partition coefficient (Wildman–Crippen LogP) is 6.28. The first-order valence-electron chi connectivity index (χ1n) is 11.5. The molecule has 1 aliphatic carbocycles. The molecule has 1 unspecified atom stereocenters. The van der Waals surface area contributed by atoms with Gasteiger partial charge in [-0.2, -0.15) is 0 Å². The van der Waals surface area contributed by atoms with Crippen LogP contribution in [0.2, 0.25) is 0 Å². The summed E-state index contributed by atoms with van der Waals surface area (Å²) in [4.78, 5) is 24.9. The van der Waals surface area contributed by atoms with E-state index in [1.54, 1.807) is 0 Å². The van der Waals surface area contributed by atoms with Crippen LogP contribution in [-0.2, 0) is 16.0 Å². The van der Waals surface area contributed by atoms with E-state index in [4.69, 9.17) is 9.47 Å². The minimum atomic E-state index is -0.566. The monoisotopic (exact) mass is 449 g/mol. The first-order valence-corrected chi connectivity index (χ1v) is 11.5. The van der Waals surface area contributed by atoms with Crippen LogP contribution in [0.5, 0.6) is 5.75 Å². The van der Waals surface area contributed by atoms with Crippen molar-refractivity contribution in [1.82, 2.24) is 5.32 Å². The van der Waals surface area contributed by atoms with Crippen LogP contribution in [0.4, 0.5) is 4.79 Å². The highest BCUT2D eigenvalue weighted by molar-refractivity contribution is 5.80. The molecule has 1 atom stereocenters. The summed E-state index contributed by atoms with van der Waals surface area (Å²) in [5.41, 5.74) is 3.40. The number of benzene rings is 2. The number of ether oxygens (including phenoxy) is 2. The summed E-state index contributed by atoms with van der Waals surface area (Å²) in [6.07, 6.45) is 2.78. The van der Waals surface area contributed by atoms with Crippen LogP contribution in [0.3, 0.4) is 0 Å². The number of carbonyl (C=O) groups is 2. The molecule has 2 aromatic rings. The standard InChI is InChI=1S/C28H35NO4/c1-27(2,3)17-25(30)32-24-14-10-13-22-21(18-29-26(31)33-28(4,5)6)15-20(16-23(22)24)19-11-8-7-9-12-19/h7-15,20H,16-18H2,1-6H3,(H,29,31). The van der Waals surface area contributed by atoms with Gasteiger partial charge >= 0.3 is 12.1 Å². The molecule has 5 nitrogen and oxygen atoms in total. The van der Waals surface area contributed by atoms with Crippen LogP contribution in [0, 0.1) is 5.41 Å². The van der Waals surface area contributed by atoms with Crippen molar-refractivity contribution in [1.29, 1.82) is 0 Å². The number of carbonyl (C=O) groups excluding carboxylic acids is 2. The molecule has 0 spiro atoms. The summed E-state index contributed by atoms with van der Waals surface area (Å²) in [6, 6.07) is 16.0. The molecule has 33 heavy (non-hydrogen) atoms. The number of hydrogen-bond acceptors (Lipinski definition) is 4. The number of rotatable bonds is 5. The highest BCUT2D eigenvalue weighted by Gasteiger charge is 2.26. The fourth-order valence-electron chi connectivity index (χ4n) is 3.93. The lowest BCUT2D eigenvalue weighted by Crippen LogP contribution is -2.33. The largest absolute Gasteiger partial charge is 0.444 e. The number of hydrogen-bond donors (Lipinski definition) is 1. The first kappa shape index (κ1) is 24.6. The van der Waals surface area contributed by atoms with E-state index in [1.807, 2.05) is 77.9 Å². The second-order valence-corrected chi connectivity index (χ2v) is 10.8. The minimum Gasteiger partial charge on any atom is -0.444 e. The van der Waals surface area contributed by atoms with E-state index in [9.17, 15) is 9.59 Å². The molecular formula is C28H35NO4. The maximum absolute atomic E-state index is 12.6. The Labute approximate surface area is 197 Å². The van der Waals surface area contributed by atoms with Gasteiger partial charge in [0.15, 0.2) is 0 Å². The van der Waals surface area contributed by atoms with Crippen LogP contribution in [0.1, 0.15) is 70.6 Å². The lowest BCUT2D eigenvalue weighted by molar-refractivity contribution is -0.136. The lowest BCUT2D eigenvalue weighted by atomic mass is 9.81. The third-order valence-electron chi connectivity index (χ3n) is 5.25. The minimum absolute atomic E-state index is 0.108. The van der Waals surface area contributed by atoms with Gasteiger partial charge in [0, 0.05) is 18.0 Å². The first-order chi connectivity index (χ1) is 15.4. The summed E-state index contributed by atoms with van der Waals surface area (Å²) < 4.78 is 11.2. The molecule has 0 aliphatic heterocycles. The second-order valence-electron chi connectivity index (χ2n) is 10.8. The van der Waals surface area contributed by atoms with Gasteiger partial charge in [-0.3, -0.25) is 4.79 Å².